The summed E-state index contributed by atoms with van der Waals surface area (Å²) < 4.78 is 13.0. The zero-order valence-electron chi connectivity index (χ0n) is 14.0. The Bertz CT molecular complexity index is 572. The molecular weight excluding hydrogens is 307 g/mol. The van der Waals surface area contributed by atoms with Gasteiger partial charge in [0.15, 0.2) is 5.78 Å². The average molecular weight is 332 g/mol. The van der Waals surface area contributed by atoms with Crippen LogP contribution in [0.25, 0.3) is 0 Å². The van der Waals surface area contributed by atoms with Crippen molar-refractivity contribution in [3.63, 3.8) is 0 Å². The summed E-state index contributed by atoms with van der Waals surface area (Å²) in [6.07, 6.45) is 5.71. The van der Waals surface area contributed by atoms with Crippen LogP contribution < -0.4 is 5.32 Å². The summed E-state index contributed by atoms with van der Waals surface area (Å²) in [6, 6.07) is 5.68. The summed E-state index contributed by atoms with van der Waals surface area (Å²) in [6.45, 7) is 2.18. The van der Waals surface area contributed by atoms with Gasteiger partial charge < -0.3 is 10.2 Å². The highest BCUT2D eigenvalue weighted by Crippen LogP contribution is 2.23. The number of piperidine rings is 1. The number of hydrogen-bond donors (Lipinski definition) is 1. The number of carbonyl (C=O) groups excluding carboxylic acids is 2. The van der Waals surface area contributed by atoms with Gasteiger partial charge >= 0.3 is 0 Å². The Morgan fingerprint density at radius 2 is 1.71 bits per heavy atom. The highest BCUT2D eigenvalue weighted by Gasteiger charge is 2.31. The quantitative estimate of drug-likeness (QED) is 0.866. The minimum atomic E-state index is -0.331. The summed E-state index contributed by atoms with van der Waals surface area (Å²) in [7, 11) is 0. The van der Waals surface area contributed by atoms with Gasteiger partial charge in [-0.15, -0.1) is 0 Å². The largest absolute Gasteiger partial charge is 0.341 e. The van der Waals surface area contributed by atoms with Crippen molar-refractivity contribution in [1.29, 1.82) is 0 Å². The van der Waals surface area contributed by atoms with Gasteiger partial charge in [0, 0.05) is 24.6 Å². The van der Waals surface area contributed by atoms with Crippen molar-refractivity contribution in [2.45, 2.75) is 44.6 Å². The second kappa shape index (κ2) is 7.88. The number of nitrogens with one attached hydrogen (secondary N) is 1. The van der Waals surface area contributed by atoms with Gasteiger partial charge in [-0.05, 0) is 56.5 Å². The van der Waals surface area contributed by atoms with E-state index in [0.717, 1.165) is 25.8 Å². The third kappa shape index (κ3) is 4.01. The van der Waals surface area contributed by atoms with E-state index in [1.165, 1.54) is 18.6 Å². The molecule has 4 nitrogen and oxygen atoms in total. The van der Waals surface area contributed by atoms with Crippen LogP contribution in [0.1, 0.15) is 48.9 Å². The van der Waals surface area contributed by atoms with Gasteiger partial charge in [-0.3, -0.25) is 9.59 Å². The molecule has 1 aromatic carbocycles. The summed E-state index contributed by atoms with van der Waals surface area (Å²) in [5.74, 6) is -0.149. The topological polar surface area (TPSA) is 49.4 Å². The number of amides is 1. The molecule has 1 amide bonds. The molecule has 2 fully saturated rings. The van der Waals surface area contributed by atoms with Crippen molar-refractivity contribution in [1.82, 2.24) is 10.2 Å². The van der Waals surface area contributed by atoms with E-state index in [2.05, 4.69) is 5.32 Å². The number of hydrogen-bond acceptors (Lipinski definition) is 3. The third-order valence-electron chi connectivity index (χ3n) is 5.16. The van der Waals surface area contributed by atoms with Crippen LogP contribution >= 0.6 is 0 Å². The predicted octanol–water partition coefficient (Wildman–Crippen LogP) is 2.78. The van der Waals surface area contributed by atoms with Gasteiger partial charge in [-0.2, -0.15) is 0 Å². The lowest BCUT2D eigenvalue weighted by atomic mass is 9.88. The maximum Gasteiger partial charge on any atom is 0.239 e. The van der Waals surface area contributed by atoms with Crippen LogP contribution in [0.2, 0.25) is 0 Å². The molecular formula is C19H25FN2O2. The molecule has 0 radical (unpaired) electrons. The highest BCUT2D eigenvalue weighted by atomic mass is 19.1. The Morgan fingerprint density at radius 3 is 2.42 bits per heavy atom. The van der Waals surface area contributed by atoms with Crippen LogP contribution in [-0.4, -0.2) is 42.3 Å². The van der Waals surface area contributed by atoms with Crippen molar-refractivity contribution >= 4 is 11.7 Å². The Hall–Kier alpha value is -1.75. The van der Waals surface area contributed by atoms with Gasteiger partial charge in [-0.1, -0.05) is 12.8 Å². The molecule has 130 valence electrons. The molecule has 2 aliphatic heterocycles. The predicted molar refractivity (Wildman–Crippen MR) is 90.3 cm³/mol. The molecule has 2 heterocycles. The van der Waals surface area contributed by atoms with E-state index in [9.17, 15) is 14.0 Å². The first-order chi connectivity index (χ1) is 11.6. The molecule has 1 atom stereocenters. The van der Waals surface area contributed by atoms with Crippen LogP contribution in [-0.2, 0) is 4.79 Å². The molecule has 0 aromatic heterocycles. The van der Waals surface area contributed by atoms with Crippen LogP contribution in [0.3, 0.4) is 0 Å². The highest BCUT2D eigenvalue weighted by molar-refractivity contribution is 5.98. The summed E-state index contributed by atoms with van der Waals surface area (Å²) in [5.41, 5.74) is 0.562. The Balaban J connectivity index is 1.54. The molecule has 5 heteroatoms. The van der Waals surface area contributed by atoms with Gasteiger partial charge in [0.2, 0.25) is 5.91 Å². The van der Waals surface area contributed by atoms with Gasteiger partial charge in [0.25, 0.3) is 0 Å². The number of likely N-dealkylation sites (tertiary alicyclic amines) is 1. The van der Waals surface area contributed by atoms with E-state index in [1.807, 2.05) is 4.90 Å². The van der Waals surface area contributed by atoms with Crippen LogP contribution in [0, 0.1) is 11.7 Å². The first-order valence-corrected chi connectivity index (χ1v) is 8.97. The molecule has 0 saturated carbocycles. The van der Waals surface area contributed by atoms with Crippen LogP contribution in [0.5, 0.6) is 0 Å². The first kappa shape index (κ1) is 17.1. The molecule has 0 aliphatic carbocycles. The fourth-order valence-corrected chi connectivity index (χ4v) is 3.67. The van der Waals surface area contributed by atoms with Crippen molar-refractivity contribution in [2.75, 3.05) is 19.6 Å². The van der Waals surface area contributed by atoms with Crippen molar-refractivity contribution < 1.29 is 14.0 Å². The second-order valence-electron chi connectivity index (χ2n) is 6.83. The molecule has 1 N–H and O–H groups in total. The fraction of sp³-hybridized carbons (Fsp3) is 0.579. The molecule has 2 aliphatic rings. The summed E-state index contributed by atoms with van der Waals surface area (Å²) in [5, 5.41) is 3.35. The van der Waals surface area contributed by atoms with Crippen molar-refractivity contribution in [3.8, 4) is 0 Å². The van der Waals surface area contributed by atoms with E-state index >= 15 is 0 Å². The normalized spacial score (nSPS) is 22.9. The lowest BCUT2D eigenvalue weighted by Gasteiger charge is -2.33. The molecule has 3 rings (SSSR count). The number of carbonyl (C=O) groups is 2. The molecule has 1 unspecified atom stereocenters. The Labute approximate surface area is 142 Å². The number of Topliss-reactive ketones (excluding diaryl/α,β-unsaturated/α-hetero) is 1. The van der Waals surface area contributed by atoms with Gasteiger partial charge in [0.05, 0.1) is 6.04 Å². The van der Waals surface area contributed by atoms with E-state index in [0.29, 0.717) is 31.5 Å². The minimum absolute atomic E-state index is 0.0585. The van der Waals surface area contributed by atoms with Gasteiger partial charge in [0.1, 0.15) is 5.82 Å². The monoisotopic (exact) mass is 332 g/mol. The lowest BCUT2D eigenvalue weighted by molar-refractivity contribution is -0.134. The molecule has 1 aromatic rings. The van der Waals surface area contributed by atoms with Crippen molar-refractivity contribution in [3.05, 3.63) is 35.6 Å². The zero-order valence-corrected chi connectivity index (χ0v) is 14.0. The standard InChI is InChI=1S/C19H25FN2O2/c20-16-7-5-14(6-8-16)18(23)15-9-12-22(13-10-15)19(24)17-4-2-1-3-11-21-17/h5-8,15,17,21H,1-4,9-13H2. The minimum Gasteiger partial charge on any atom is -0.341 e. The van der Waals surface area contributed by atoms with Crippen LogP contribution in [0.15, 0.2) is 24.3 Å². The smallest absolute Gasteiger partial charge is 0.239 e. The Kier molecular flexibility index (Phi) is 5.61. The van der Waals surface area contributed by atoms with Crippen molar-refractivity contribution in [2.24, 2.45) is 5.92 Å². The average Bonchev–Trinajstić information content (AvgIpc) is 2.91. The fourth-order valence-electron chi connectivity index (χ4n) is 3.67. The maximum atomic E-state index is 13.0. The van der Waals surface area contributed by atoms with E-state index < -0.39 is 0 Å². The zero-order chi connectivity index (χ0) is 16.9. The molecule has 24 heavy (non-hydrogen) atoms. The molecule has 0 spiro atoms. The van der Waals surface area contributed by atoms with Gasteiger partial charge in [-0.25, -0.2) is 4.39 Å². The lowest BCUT2D eigenvalue weighted by Crippen LogP contribution is -2.49. The number of benzene rings is 1. The van der Waals surface area contributed by atoms with E-state index in [1.54, 1.807) is 12.1 Å². The number of nitrogens with zero attached hydrogens (tertiary/aromatic N) is 1. The van der Waals surface area contributed by atoms with E-state index in [4.69, 9.17) is 0 Å². The summed E-state index contributed by atoms with van der Waals surface area (Å²) in [4.78, 5) is 27.0. The third-order valence-corrected chi connectivity index (χ3v) is 5.16. The van der Waals surface area contributed by atoms with E-state index in [-0.39, 0.29) is 29.5 Å². The second-order valence-corrected chi connectivity index (χ2v) is 6.83. The first-order valence-electron chi connectivity index (χ1n) is 8.97. The maximum absolute atomic E-state index is 13.0. The summed E-state index contributed by atoms with van der Waals surface area (Å²) >= 11 is 0. The number of rotatable bonds is 3. The number of halogens is 1. The molecule has 2 saturated heterocycles. The molecule has 0 bridgehead atoms. The number of ketones is 1. The Morgan fingerprint density at radius 1 is 1.00 bits per heavy atom. The van der Waals surface area contributed by atoms with Crippen LogP contribution in [0.4, 0.5) is 4.39 Å². The SMILES string of the molecule is O=C(c1ccc(F)cc1)C1CCN(C(=O)C2CCCCCN2)CC1.